The molecule has 3 N–H and O–H groups in total. The van der Waals surface area contributed by atoms with Crippen LogP contribution >= 0.6 is 0 Å². The van der Waals surface area contributed by atoms with Crippen molar-refractivity contribution in [3.63, 3.8) is 0 Å². The second-order valence-electron chi connectivity index (χ2n) is 8.77. The zero-order valence-electron chi connectivity index (χ0n) is 18.6. The third kappa shape index (κ3) is 6.51. The van der Waals surface area contributed by atoms with E-state index in [-0.39, 0.29) is 22.9 Å². The highest BCUT2D eigenvalue weighted by Gasteiger charge is 2.25. The minimum Gasteiger partial charge on any atom is -0.378 e. The van der Waals surface area contributed by atoms with E-state index in [2.05, 4.69) is 5.32 Å². The fraction of sp³-hybridized carbons (Fsp3) is 0.417. The van der Waals surface area contributed by atoms with E-state index >= 15 is 0 Å². The van der Waals surface area contributed by atoms with Crippen LogP contribution in [0, 0.1) is 11.2 Å². The van der Waals surface area contributed by atoms with E-state index in [1.54, 1.807) is 15.9 Å². The van der Waals surface area contributed by atoms with Gasteiger partial charge in [0.25, 0.3) is 5.91 Å². The zero-order valence-corrected chi connectivity index (χ0v) is 18.6. The molecule has 1 aliphatic rings. The molecule has 3 rings (SSSR count). The summed E-state index contributed by atoms with van der Waals surface area (Å²) in [5.74, 6) is -0.726. The van der Waals surface area contributed by atoms with Crippen LogP contribution in [0.5, 0.6) is 0 Å². The second-order valence-corrected chi connectivity index (χ2v) is 8.77. The van der Waals surface area contributed by atoms with E-state index in [1.165, 1.54) is 18.2 Å². The molecule has 8 heteroatoms. The highest BCUT2D eigenvalue weighted by Crippen LogP contribution is 2.21. The maximum atomic E-state index is 13.7. The number of hydrogen-bond donors (Lipinski definition) is 2. The lowest BCUT2D eigenvalue weighted by molar-refractivity contribution is 0.0564. The molecule has 172 valence electrons. The van der Waals surface area contributed by atoms with Gasteiger partial charge in [-0.15, -0.1) is 0 Å². The Balaban J connectivity index is 1.77. The van der Waals surface area contributed by atoms with Crippen LogP contribution in [-0.4, -0.2) is 61.1 Å². The molecule has 0 radical (unpaired) electrons. The summed E-state index contributed by atoms with van der Waals surface area (Å²) >= 11 is 0. The van der Waals surface area contributed by atoms with Crippen molar-refractivity contribution < 1.29 is 18.7 Å². The Labute approximate surface area is 188 Å². The molecule has 0 atom stereocenters. The van der Waals surface area contributed by atoms with Crippen molar-refractivity contribution in [1.29, 1.82) is 0 Å². The van der Waals surface area contributed by atoms with Crippen molar-refractivity contribution in [2.45, 2.75) is 20.4 Å². The van der Waals surface area contributed by atoms with Gasteiger partial charge in [0, 0.05) is 37.4 Å². The SMILES string of the molecule is CC(C)(CN)CN(Cc1cccc(NC(=O)N2CCOCC2)c1)C(=O)c1cccc(F)c1. The number of benzene rings is 2. The van der Waals surface area contributed by atoms with Crippen molar-refractivity contribution in [1.82, 2.24) is 9.80 Å². The Morgan fingerprint density at radius 2 is 1.88 bits per heavy atom. The maximum absolute atomic E-state index is 13.7. The lowest BCUT2D eigenvalue weighted by atomic mass is 9.92. The van der Waals surface area contributed by atoms with Gasteiger partial charge in [-0.2, -0.15) is 0 Å². The number of urea groups is 1. The van der Waals surface area contributed by atoms with Crippen molar-refractivity contribution in [3.8, 4) is 0 Å². The fourth-order valence-electron chi connectivity index (χ4n) is 3.52. The highest BCUT2D eigenvalue weighted by molar-refractivity contribution is 5.94. The molecular formula is C24H31FN4O3. The van der Waals surface area contributed by atoms with E-state index in [0.717, 1.165) is 5.56 Å². The van der Waals surface area contributed by atoms with E-state index in [0.29, 0.717) is 51.6 Å². The third-order valence-electron chi connectivity index (χ3n) is 5.38. The Morgan fingerprint density at radius 1 is 1.16 bits per heavy atom. The number of nitrogens with zero attached hydrogens (tertiary/aromatic N) is 2. The van der Waals surface area contributed by atoms with E-state index in [9.17, 15) is 14.0 Å². The normalized spacial score (nSPS) is 14.2. The molecule has 2 aromatic rings. The number of halogens is 1. The molecule has 32 heavy (non-hydrogen) atoms. The molecule has 0 bridgehead atoms. The molecule has 1 fully saturated rings. The Kier molecular flexibility index (Phi) is 7.82. The van der Waals surface area contributed by atoms with Crippen molar-refractivity contribution in [2.24, 2.45) is 11.1 Å². The monoisotopic (exact) mass is 442 g/mol. The van der Waals surface area contributed by atoms with Crippen molar-refractivity contribution in [3.05, 3.63) is 65.5 Å². The van der Waals surface area contributed by atoms with Gasteiger partial charge in [0.2, 0.25) is 0 Å². The largest absolute Gasteiger partial charge is 0.378 e. The molecule has 3 amide bonds. The number of ether oxygens (including phenoxy) is 1. The first kappa shape index (κ1) is 23.7. The Bertz CT molecular complexity index is 944. The van der Waals surface area contributed by atoms with Crippen LogP contribution in [0.4, 0.5) is 14.9 Å². The van der Waals surface area contributed by atoms with Crippen molar-refractivity contribution >= 4 is 17.6 Å². The summed E-state index contributed by atoms with van der Waals surface area (Å²) in [6.45, 7) is 7.24. The molecule has 0 unspecified atom stereocenters. The average molecular weight is 443 g/mol. The molecule has 7 nitrogen and oxygen atoms in total. The second kappa shape index (κ2) is 10.6. The van der Waals surface area contributed by atoms with E-state index in [4.69, 9.17) is 10.5 Å². The minimum absolute atomic E-state index is 0.178. The van der Waals surface area contributed by atoms with Crippen molar-refractivity contribution in [2.75, 3.05) is 44.7 Å². The molecule has 1 saturated heterocycles. The molecule has 2 aromatic carbocycles. The summed E-state index contributed by atoms with van der Waals surface area (Å²) in [7, 11) is 0. The zero-order chi connectivity index (χ0) is 23.1. The predicted octanol–water partition coefficient (Wildman–Crippen LogP) is 3.32. The summed E-state index contributed by atoms with van der Waals surface area (Å²) in [5.41, 5.74) is 7.37. The number of carbonyl (C=O) groups excluding carboxylic acids is 2. The molecule has 0 spiro atoms. The van der Waals surface area contributed by atoms with Gasteiger partial charge < -0.3 is 25.6 Å². The van der Waals surface area contributed by atoms with Gasteiger partial charge in [0.05, 0.1) is 13.2 Å². The number of rotatable bonds is 7. The van der Waals surface area contributed by atoms with Crippen LogP contribution in [0.1, 0.15) is 29.8 Å². The van der Waals surface area contributed by atoms with Gasteiger partial charge in [-0.05, 0) is 47.9 Å². The number of nitrogens with one attached hydrogen (secondary N) is 1. The van der Waals surface area contributed by atoms with Crippen LogP contribution in [-0.2, 0) is 11.3 Å². The molecule has 0 saturated carbocycles. The van der Waals surface area contributed by atoms with Crippen LogP contribution in [0.2, 0.25) is 0 Å². The first-order valence-corrected chi connectivity index (χ1v) is 10.7. The van der Waals surface area contributed by atoms with Crippen LogP contribution in [0.25, 0.3) is 0 Å². The average Bonchev–Trinajstić information content (AvgIpc) is 2.79. The summed E-state index contributed by atoms with van der Waals surface area (Å²) in [4.78, 5) is 29.1. The van der Waals surface area contributed by atoms with Crippen LogP contribution in [0.3, 0.4) is 0 Å². The summed E-state index contributed by atoms with van der Waals surface area (Å²) in [6, 6.07) is 12.9. The number of anilines is 1. The topological polar surface area (TPSA) is 87.9 Å². The number of hydrogen-bond acceptors (Lipinski definition) is 4. The smallest absolute Gasteiger partial charge is 0.321 e. The third-order valence-corrected chi connectivity index (χ3v) is 5.38. The Hall–Kier alpha value is -2.97. The fourth-order valence-corrected chi connectivity index (χ4v) is 3.52. The number of carbonyl (C=O) groups is 2. The lowest BCUT2D eigenvalue weighted by Gasteiger charge is -2.32. The first-order chi connectivity index (χ1) is 15.3. The maximum Gasteiger partial charge on any atom is 0.321 e. The summed E-state index contributed by atoms with van der Waals surface area (Å²) in [5, 5.41) is 2.91. The molecule has 1 heterocycles. The Morgan fingerprint density at radius 3 is 2.56 bits per heavy atom. The summed E-state index contributed by atoms with van der Waals surface area (Å²) < 4.78 is 19.0. The van der Waals surface area contributed by atoms with Gasteiger partial charge in [0.1, 0.15) is 5.82 Å². The van der Waals surface area contributed by atoms with Crippen LogP contribution < -0.4 is 11.1 Å². The predicted molar refractivity (Wildman–Crippen MR) is 122 cm³/mol. The van der Waals surface area contributed by atoms with E-state index in [1.807, 2.05) is 38.1 Å². The van der Waals surface area contributed by atoms with Gasteiger partial charge in [-0.1, -0.05) is 32.0 Å². The van der Waals surface area contributed by atoms with Gasteiger partial charge in [-0.25, -0.2) is 9.18 Å². The van der Waals surface area contributed by atoms with Crippen LogP contribution in [0.15, 0.2) is 48.5 Å². The van der Waals surface area contributed by atoms with E-state index < -0.39 is 5.82 Å². The van der Waals surface area contributed by atoms with Gasteiger partial charge >= 0.3 is 6.03 Å². The standard InChI is InChI=1S/C24H31FN4O3/c1-24(2,16-26)17-29(22(30)19-6-4-7-20(25)14-19)15-18-5-3-8-21(13-18)27-23(31)28-9-11-32-12-10-28/h3-8,13-14H,9-12,15-17,26H2,1-2H3,(H,27,31). The molecule has 0 aliphatic carbocycles. The molecule has 1 aliphatic heterocycles. The first-order valence-electron chi connectivity index (χ1n) is 10.7. The summed E-state index contributed by atoms with van der Waals surface area (Å²) in [6.07, 6.45) is 0. The van der Waals surface area contributed by atoms with Gasteiger partial charge in [-0.3, -0.25) is 4.79 Å². The number of nitrogens with two attached hydrogens (primary N) is 1. The number of morpholine rings is 1. The quantitative estimate of drug-likeness (QED) is 0.689. The highest BCUT2D eigenvalue weighted by atomic mass is 19.1. The minimum atomic E-state index is -0.457. The lowest BCUT2D eigenvalue weighted by Crippen LogP contribution is -2.43. The molecular weight excluding hydrogens is 411 g/mol. The molecule has 0 aromatic heterocycles. The van der Waals surface area contributed by atoms with Gasteiger partial charge in [0.15, 0.2) is 0 Å². The number of amides is 3.